The minimum atomic E-state index is 0.140. The monoisotopic (exact) mass is 312 g/mol. The van der Waals surface area contributed by atoms with Gasteiger partial charge in [0.25, 0.3) is 0 Å². The van der Waals surface area contributed by atoms with Gasteiger partial charge < -0.3 is 19.1 Å². The molecule has 0 spiro atoms. The Morgan fingerprint density at radius 3 is 2.39 bits per heavy atom. The van der Waals surface area contributed by atoms with Crippen molar-refractivity contribution in [3.63, 3.8) is 0 Å². The Labute approximate surface area is 135 Å². The van der Waals surface area contributed by atoms with Crippen LogP contribution in [0.5, 0.6) is 11.5 Å². The van der Waals surface area contributed by atoms with Crippen molar-refractivity contribution in [3.8, 4) is 22.9 Å². The van der Waals surface area contributed by atoms with Crippen LogP contribution in [-0.2, 0) is 6.54 Å². The lowest BCUT2D eigenvalue weighted by molar-refractivity contribution is 0.281. The second-order valence-corrected chi connectivity index (χ2v) is 5.23. The van der Waals surface area contributed by atoms with Crippen LogP contribution in [0.15, 0.2) is 42.5 Å². The topological polar surface area (TPSA) is 56.5 Å². The third-order valence-electron chi connectivity index (χ3n) is 3.83. The largest absolute Gasteiger partial charge is 0.493 e. The Hall–Kier alpha value is -2.53. The molecule has 2 aromatic carbocycles. The standard InChI is InChI=1S/C18H20N2O3/c1-22-16-11-14-15(12-17(16)23-2)20(9-6-10-21)18(19-14)13-7-4-3-5-8-13/h3-5,7-8,11-12,21H,6,9-10H2,1-2H3. The van der Waals surface area contributed by atoms with Crippen LogP contribution in [0.4, 0.5) is 0 Å². The van der Waals surface area contributed by atoms with Crippen molar-refractivity contribution in [1.29, 1.82) is 0 Å². The highest BCUT2D eigenvalue weighted by Gasteiger charge is 2.16. The van der Waals surface area contributed by atoms with Crippen LogP contribution >= 0.6 is 0 Å². The zero-order chi connectivity index (χ0) is 16.2. The second kappa shape index (κ2) is 6.71. The molecule has 3 rings (SSSR count). The van der Waals surface area contributed by atoms with E-state index in [1.807, 2.05) is 42.5 Å². The molecule has 0 unspecified atom stereocenters. The average Bonchev–Trinajstić information content (AvgIpc) is 2.96. The molecule has 0 fully saturated rings. The molecule has 1 heterocycles. The summed E-state index contributed by atoms with van der Waals surface area (Å²) in [7, 11) is 3.24. The zero-order valence-electron chi connectivity index (χ0n) is 13.3. The molecule has 0 aliphatic carbocycles. The Kier molecular flexibility index (Phi) is 4.48. The Balaban J connectivity index is 2.22. The maximum Gasteiger partial charge on any atom is 0.163 e. The molecule has 3 aromatic rings. The van der Waals surface area contributed by atoms with Crippen molar-refractivity contribution in [2.45, 2.75) is 13.0 Å². The molecule has 0 saturated heterocycles. The van der Waals surface area contributed by atoms with Crippen LogP contribution in [0.2, 0.25) is 0 Å². The Bertz CT molecular complexity index is 797. The molecule has 1 aromatic heterocycles. The van der Waals surface area contributed by atoms with Crippen molar-refractivity contribution >= 4 is 11.0 Å². The quantitative estimate of drug-likeness (QED) is 0.760. The molecule has 23 heavy (non-hydrogen) atoms. The maximum absolute atomic E-state index is 9.20. The summed E-state index contributed by atoms with van der Waals surface area (Å²) in [5.74, 6) is 2.21. The molecule has 5 nitrogen and oxygen atoms in total. The van der Waals surface area contributed by atoms with Crippen LogP contribution in [0, 0.1) is 0 Å². The average molecular weight is 312 g/mol. The minimum Gasteiger partial charge on any atom is -0.493 e. The van der Waals surface area contributed by atoms with Crippen LogP contribution in [0.3, 0.4) is 0 Å². The zero-order valence-corrected chi connectivity index (χ0v) is 13.3. The first kappa shape index (κ1) is 15.4. The van der Waals surface area contributed by atoms with E-state index in [4.69, 9.17) is 14.5 Å². The summed E-state index contributed by atoms with van der Waals surface area (Å²) in [6, 6.07) is 13.9. The number of aromatic nitrogens is 2. The van der Waals surface area contributed by atoms with Gasteiger partial charge in [-0.05, 0) is 6.42 Å². The number of benzene rings is 2. The summed E-state index contributed by atoms with van der Waals surface area (Å²) in [6.45, 7) is 0.827. The van der Waals surface area contributed by atoms with Gasteiger partial charge >= 0.3 is 0 Å². The fraction of sp³-hybridized carbons (Fsp3) is 0.278. The van der Waals surface area contributed by atoms with Gasteiger partial charge in [-0.15, -0.1) is 0 Å². The number of hydrogen-bond donors (Lipinski definition) is 1. The number of fused-ring (bicyclic) bond motifs is 1. The molecule has 0 aliphatic heterocycles. The molecular formula is C18H20N2O3. The number of methoxy groups -OCH3 is 2. The lowest BCUT2D eigenvalue weighted by atomic mass is 10.2. The number of aryl methyl sites for hydroxylation is 1. The summed E-state index contributed by atoms with van der Waals surface area (Å²) in [5.41, 5.74) is 2.86. The van der Waals surface area contributed by atoms with E-state index in [9.17, 15) is 5.11 Å². The molecular weight excluding hydrogens is 292 g/mol. The van der Waals surface area contributed by atoms with E-state index in [-0.39, 0.29) is 6.61 Å². The molecule has 0 aliphatic rings. The van der Waals surface area contributed by atoms with Gasteiger partial charge in [0.05, 0.1) is 25.3 Å². The third-order valence-corrected chi connectivity index (χ3v) is 3.83. The minimum absolute atomic E-state index is 0.140. The van der Waals surface area contributed by atoms with E-state index in [1.165, 1.54) is 0 Å². The highest BCUT2D eigenvalue weighted by atomic mass is 16.5. The second-order valence-electron chi connectivity index (χ2n) is 5.23. The van der Waals surface area contributed by atoms with Gasteiger partial charge in [0.15, 0.2) is 11.5 Å². The predicted molar refractivity (Wildman–Crippen MR) is 90.0 cm³/mol. The maximum atomic E-state index is 9.20. The lowest BCUT2D eigenvalue weighted by Gasteiger charge is -2.10. The van der Waals surface area contributed by atoms with Crippen LogP contribution in [0.1, 0.15) is 6.42 Å². The highest BCUT2D eigenvalue weighted by Crippen LogP contribution is 2.34. The number of imidazole rings is 1. The Morgan fingerprint density at radius 1 is 1.04 bits per heavy atom. The van der Waals surface area contributed by atoms with E-state index in [2.05, 4.69) is 4.57 Å². The number of hydrogen-bond acceptors (Lipinski definition) is 4. The summed E-state index contributed by atoms with van der Waals surface area (Å²) in [4.78, 5) is 4.77. The summed E-state index contributed by atoms with van der Waals surface area (Å²) in [6.07, 6.45) is 0.666. The van der Waals surface area contributed by atoms with Gasteiger partial charge in [0.1, 0.15) is 5.82 Å². The van der Waals surface area contributed by atoms with Crippen molar-refractivity contribution in [2.24, 2.45) is 0 Å². The van der Waals surface area contributed by atoms with E-state index >= 15 is 0 Å². The van der Waals surface area contributed by atoms with Crippen LogP contribution < -0.4 is 9.47 Å². The summed E-state index contributed by atoms with van der Waals surface area (Å²) in [5, 5.41) is 9.20. The summed E-state index contributed by atoms with van der Waals surface area (Å²) >= 11 is 0. The molecule has 0 saturated carbocycles. The number of nitrogens with zero attached hydrogens (tertiary/aromatic N) is 2. The van der Waals surface area contributed by atoms with Crippen LogP contribution in [-0.4, -0.2) is 35.5 Å². The van der Waals surface area contributed by atoms with Gasteiger partial charge in [-0.25, -0.2) is 4.98 Å². The van der Waals surface area contributed by atoms with Gasteiger partial charge in [-0.3, -0.25) is 0 Å². The highest BCUT2D eigenvalue weighted by molar-refractivity contribution is 5.84. The predicted octanol–water partition coefficient (Wildman–Crippen LogP) is 3.10. The van der Waals surface area contributed by atoms with Gasteiger partial charge in [0, 0.05) is 30.8 Å². The van der Waals surface area contributed by atoms with Gasteiger partial charge in [0.2, 0.25) is 0 Å². The first-order valence-electron chi connectivity index (χ1n) is 7.57. The summed E-state index contributed by atoms with van der Waals surface area (Å²) < 4.78 is 12.9. The molecule has 0 amide bonds. The first-order valence-corrected chi connectivity index (χ1v) is 7.57. The number of ether oxygens (including phenoxy) is 2. The van der Waals surface area contributed by atoms with E-state index in [0.29, 0.717) is 24.5 Å². The fourth-order valence-electron chi connectivity index (χ4n) is 2.71. The first-order chi connectivity index (χ1) is 11.3. The Morgan fingerprint density at radius 2 is 1.74 bits per heavy atom. The van der Waals surface area contributed by atoms with E-state index in [1.54, 1.807) is 14.2 Å². The number of aliphatic hydroxyl groups is 1. The SMILES string of the molecule is COc1cc2nc(-c3ccccc3)n(CCCO)c2cc1OC. The van der Waals surface area contributed by atoms with Crippen molar-refractivity contribution in [2.75, 3.05) is 20.8 Å². The number of rotatable bonds is 6. The molecule has 0 bridgehead atoms. The normalized spacial score (nSPS) is 10.9. The van der Waals surface area contributed by atoms with E-state index < -0.39 is 0 Å². The molecule has 5 heteroatoms. The lowest BCUT2D eigenvalue weighted by Crippen LogP contribution is -2.02. The fourth-order valence-corrected chi connectivity index (χ4v) is 2.71. The number of aliphatic hydroxyl groups excluding tert-OH is 1. The molecule has 0 radical (unpaired) electrons. The van der Waals surface area contributed by atoms with Crippen molar-refractivity contribution in [1.82, 2.24) is 9.55 Å². The van der Waals surface area contributed by atoms with E-state index in [0.717, 1.165) is 22.4 Å². The van der Waals surface area contributed by atoms with Crippen LogP contribution in [0.25, 0.3) is 22.4 Å². The van der Waals surface area contributed by atoms with Gasteiger partial charge in [-0.1, -0.05) is 30.3 Å². The molecule has 120 valence electrons. The molecule has 1 N–H and O–H groups in total. The molecule has 0 atom stereocenters. The van der Waals surface area contributed by atoms with Gasteiger partial charge in [-0.2, -0.15) is 0 Å². The van der Waals surface area contributed by atoms with Crippen molar-refractivity contribution < 1.29 is 14.6 Å². The van der Waals surface area contributed by atoms with Crippen molar-refractivity contribution in [3.05, 3.63) is 42.5 Å². The smallest absolute Gasteiger partial charge is 0.163 e. The third kappa shape index (κ3) is 2.87.